The molecule has 2 heterocycles. The number of hydrogen-bond donors (Lipinski definition) is 1. The highest BCUT2D eigenvalue weighted by molar-refractivity contribution is 8.20. The summed E-state index contributed by atoms with van der Waals surface area (Å²) in [7, 11) is 0. The first-order chi connectivity index (χ1) is 10.0. The second-order valence-corrected chi connectivity index (χ2v) is 5.71. The molecular formula is C13H11F3N4S. The van der Waals surface area contributed by atoms with Crippen LogP contribution in [0.15, 0.2) is 53.8 Å². The number of H-pyrrole nitrogens is 1. The first-order valence-electron chi connectivity index (χ1n) is 6.06. The zero-order valence-corrected chi connectivity index (χ0v) is 11.5. The van der Waals surface area contributed by atoms with Gasteiger partial charge in [0.1, 0.15) is 0 Å². The van der Waals surface area contributed by atoms with Crippen LogP contribution in [0.1, 0.15) is 5.69 Å². The van der Waals surface area contributed by atoms with Crippen LogP contribution in [-0.4, -0.2) is 20.0 Å². The van der Waals surface area contributed by atoms with E-state index in [2.05, 4.69) is 15.3 Å². The summed E-state index contributed by atoms with van der Waals surface area (Å²) in [5.74, 6) is 0. The summed E-state index contributed by atoms with van der Waals surface area (Å²) in [6, 6.07) is 7.12. The van der Waals surface area contributed by atoms with Crippen LogP contribution >= 0.6 is 11.2 Å². The molecule has 0 saturated carbocycles. The predicted octanol–water partition coefficient (Wildman–Crippen LogP) is 4.14. The maximum atomic E-state index is 12.8. The fraction of sp³-hybridized carbons (Fsp3) is 0.0769. The van der Waals surface area contributed by atoms with Gasteiger partial charge in [0, 0.05) is 18.0 Å². The van der Waals surface area contributed by atoms with Crippen molar-refractivity contribution in [3.8, 4) is 11.1 Å². The maximum Gasteiger partial charge on any atom is 0.237 e. The molecule has 0 radical (unpaired) electrons. The smallest absolute Gasteiger partial charge is 0.237 e. The topological polar surface area (TPSA) is 46.5 Å². The Kier molecular flexibility index (Phi) is 3.46. The van der Waals surface area contributed by atoms with Crippen molar-refractivity contribution in [1.82, 2.24) is 20.0 Å². The highest BCUT2D eigenvalue weighted by Crippen LogP contribution is 2.60. The number of halogens is 3. The highest BCUT2D eigenvalue weighted by atomic mass is 32.3. The Balaban J connectivity index is 1.86. The number of hydrogen-bond acceptors (Lipinski definition) is 2. The summed E-state index contributed by atoms with van der Waals surface area (Å²) >= 11 is -5.21. The van der Waals surface area contributed by atoms with Crippen molar-refractivity contribution in [2.24, 2.45) is 0 Å². The number of nitrogens with zero attached hydrogens (tertiary/aromatic N) is 3. The molecule has 0 aliphatic rings. The third kappa shape index (κ3) is 3.10. The molecule has 1 N–H and O–H groups in total. The van der Waals surface area contributed by atoms with Gasteiger partial charge in [-0.3, -0.25) is 9.78 Å². The van der Waals surface area contributed by atoms with Crippen LogP contribution in [0.5, 0.6) is 0 Å². The van der Waals surface area contributed by atoms with Gasteiger partial charge in [0.2, 0.25) is 11.2 Å². The van der Waals surface area contributed by atoms with E-state index < -0.39 is 16.1 Å². The van der Waals surface area contributed by atoms with Crippen LogP contribution in [-0.2, 0) is 6.54 Å². The van der Waals surface area contributed by atoms with E-state index in [1.165, 1.54) is 6.07 Å². The zero-order valence-electron chi connectivity index (χ0n) is 10.7. The Labute approximate surface area is 120 Å². The second kappa shape index (κ2) is 5.28. The minimum atomic E-state index is -5.21. The molecule has 0 atom stereocenters. The number of nitrogens with one attached hydrogen (secondary N) is 1. The molecule has 0 fully saturated rings. The second-order valence-electron chi connectivity index (χ2n) is 4.43. The van der Waals surface area contributed by atoms with E-state index in [4.69, 9.17) is 0 Å². The van der Waals surface area contributed by atoms with Gasteiger partial charge in [-0.1, -0.05) is 12.1 Å². The van der Waals surface area contributed by atoms with Gasteiger partial charge < -0.3 is 0 Å². The van der Waals surface area contributed by atoms with E-state index in [-0.39, 0.29) is 0 Å². The highest BCUT2D eigenvalue weighted by Gasteiger charge is 2.24. The first-order valence-corrected chi connectivity index (χ1v) is 7.39. The van der Waals surface area contributed by atoms with Crippen LogP contribution in [0.4, 0.5) is 11.7 Å². The monoisotopic (exact) mass is 312 g/mol. The van der Waals surface area contributed by atoms with Crippen molar-refractivity contribution < 1.29 is 11.7 Å². The van der Waals surface area contributed by atoms with Gasteiger partial charge >= 0.3 is 0 Å². The van der Waals surface area contributed by atoms with Crippen LogP contribution in [0, 0.1) is 0 Å². The van der Waals surface area contributed by atoms with Crippen LogP contribution in [0.2, 0.25) is 0 Å². The molecule has 0 aliphatic carbocycles. The van der Waals surface area contributed by atoms with E-state index in [0.29, 0.717) is 17.7 Å². The van der Waals surface area contributed by atoms with E-state index in [0.717, 1.165) is 17.8 Å². The molecule has 4 nitrogen and oxygen atoms in total. The summed E-state index contributed by atoms with van der Waals surface area (Å²) in [5.41, 5.74) is 1.96. The molecule has 8 heteroatoms. The van der Waals surface area contributed by atoms with Crippen molar-refractivity contribution >= 4 is 11.2 Å². The minimum absolute atomic E-state index is 0.466. The van der Waals surface area contributed by atoms with Crippen LogP contribution in [0.25, 0.3) is 11.1 Å². The van der Waals surface area contributed by atoms with Gasteiger partial charge in [0.25, 0.3) is 0 Å². The average Bonchev–Trinajstić information content (AvgIpc) is 3.10. The first kappa shape index (κ1) is 13.7. The number of benzene rings is 1. The van der Waals surface area contributed by atoms with Crippen molar-refractivity contribution in [1.29, 1.82) is 0 Å². The molecule has 0 saturated heterocycles. The molecule has 0 spiro atoms. The van der Waals surface area contributed by atoms with Crippen LogP contribution in [0.3, 0.4) is 0 Å². The lowest BCUT2D eigenvalue weighted by molar-refractivity contribution is 0.633. The van der Waals surface area contributed by atoms with Gasteiger partial charge in [-0.25, -0.2) is 0 Å². The Morgan fingerprint density at radius 1 is 1.14 bits per heavy atom. The lowest BCUT2D eigenvalue weighted by atomic mass is 10.1. The van der Waals surface area contributed by atoms with Gasteiger partial charge in [-0.15, -0.1) is 11.7 Å². The van der Waals surface area contributed by atoms with Gasteiger partial charge in [-0.2, -0.15) is 10.2 Å². The summed E-state index contributed by atoms with van der Waals surface area (Å²) in [6.45, 7) is 0.466. The molecule has 2 aromatic heterocycles. The molecule has 0 amide bonds. The van der Waals surface area contributed by atoms with Gasteiger partial charge in [0.15, 0.2) is 0 Å². The van der Waals surface area contributed by atoms with Gasteiger partial charge in [0.05, 0.1) is 23.3 Å². The molecule has 21 heavy (non-hydrogen) atoms. The fourth-order valence-electron chi connectivity index (χ4n) is 1.96. The van der Waals surface area contributed by atoms with E-state index in [1.807, 2.05) is 6.07 Å². The lowest BCUT2D eigenvalue weighted by Crippen LogP contribution is -1.99. The third-order valence-electron chi connectivity index (χ3n) is 2.95. The number of aromatic nitrogens is 4. The molecule has 1 aromatic carbocycles. The molecule has 0 bridgehead atoms. The summed E-state index contributed by atoms with van der Waals surface area (Å²) in [5, 5.41) is 10.9. The summed E-state index contributed by atoms with van der Waals surface area (Å²) in [4.78, 5) is -0.583. The van der Waals surface area contributed by atoms with Crippen molar-refractivity contribution in [2.75, 3.05) is 0 Å². The van der Waals surface area contributed by atoms with E-state index in [9.17, 15) is 11.7 Å². The SMILES string of the molecule is FS(F)(F)c1cccc(-c2cnn(Cc3cc[nH]n3)c2)c1. The standard InChI is InChI=1S/C13H11F3N4S/c14-21(15,16)13-3-1-2-10(6-13)11-7-18-20(8-11)9-12-4-5-17-19-12/h1-8H,9H2,(H,17,19). The van der Waals surface area contributed by atoms with Crippen molar-refractivity contribution in [3.05, 3.63) is 54.6 Å². The predicted molar refractivity (Wildman–Crippen MR) is 74.5 cm³/mol. The normalized spacial score (nSPS) is 12.5. The molecule has 0 aliphatic heterocycles. The number of rotatable bonds is 4. The summed E-state index contributed by atoms with van der Waals surface area (Å²) < 4.78 is 40.0. The van der Waals surface area contributed by atoms with Crippen molar-refractivity contribution in [2.45, 2.75) is 11.4 Å². The molecule has 3 aromatic rings. The van der Waals surface area contributed by atoms with Crippen molar-refractivity contribution in [3.63, 3.8) is 0 Å². The molecular weight excluding hydrogens is 301 g/mol. The lowest BCUT2D eigenvalue weighted by Gasteiger charge is -2.10. The molecule has 3 rings (SSSR count). The third-order valence-corrected chi connectivity index (χ3v) is 3.74. The molecule has 110 valence electrons. The summed E-state index contributed by atoms with van der Waals surface area (Å²) in [6.07, 6.45) is 4.96. The fourth-order valence-corrected chi connectivity index (χ4v) is 2.46. The Morgan fingerprint density at radius 2 is 2.00 bits per heavy atom. The Hall–Kier alpha value is -2.22. The largest absolute Gasteiger partial charge is 0.285 e. The Bertz CT molecular complexity index is 734. The Morgan fingerprint density at radius 3 is 2.71 bits per heavy atom. The van der Waals surface area contributed by atoms with E-state index in [1.54, 1.807) is 29.3 Å². The minimum Gasteiger partial charge on any atom is -0.285 e. The maximum absolute atomic E-state index is 12.8. The molecule has 0 unspecified atom stereocenters. The zero-order chi connectivity index (χ0) is 14.9. The average molecular weight is 312 g/mol. The van der Waals surface area contributed by atoms with Gasteiger partial charge in [-0.05, 0) is 23.8 Å². The van der Waals surface area contributed by atoms with E-state index >= 15 is 0 Å². The van der Waals surface area contributed by atoms with Crippen LogP contribution < -0.4 is 0 Å². The number of aromatic amines is 1. The quantitative estimate of drug-likeness (QED) is 0.787.